The van der Waals surface area contributed by atoms with Crippen LogP contribution in [0.5, 0.6) is 0 Å². The largest absolute Gasteiger partial charge is 0.399 e. The first kappa shape index (κ1) is 13.0. The number of halogens is 2. The highest BCUT2D eigenvalue weighted by atomic mass is 35.5. The van der Waals surface area contributed by atoms with E-state index in [4.69, 9.17) is 33.5 Å². The van der Waals surface area contributed by atoms with Crippen molar-refractivity contribution < 1.29 is 4.52 Å². The molecule has 2 N–H and O–H groups in total. The molecule has 3 rings (SSSR count). The van der Waals surface area contributed by atoms with Crippen LogP contribution in [0, 0.1) is 0 Å². The van der Waals surface area contributed by atoms with E-state index in [1.807, 2.05) is 12.1 Å². The van der Waals surface area contributed by atoms with E-state index < -0.39 is 0 Å². The van der Waals surface area contributed by atoms with Gasteiger partial charge in [0, 0.05) is 16.3 Å². The molecule has 0 aliphatic heterocycles. The predicted molar refractivity (Wildman–Crippen MR) is 79.6 cm³/mol. The van der Waals surface area contributed by atoms with E-state index in [1.165, 1.54) is 0 Å². The molecule has 3 aromatic rings. The molecule has 0 aliphatic rings. The summed E-state index contributed by atoms with van der Waals surface area (Å²) in [7, 11) is 0. The average molecular weight is 306 g/mol. The molecule has 100 valence electrons. The molecule has 0 saturated heterocycles. The molecule has 0 atom stereocenters. The van der Waals surface area contributed by atoms with Gasteiger partial charge in [0.15, 0.2) is 0 Å². The van der Waals surface area contributed by atoms with Gasteiger partial charge in [-0.05, 0) is 42.5 Å². The first-order chi connectivity index (χ1) is 9.63. The average Bonchev–Trinajstić information content (AvgIpc) is 2.92. The Morgan fingerprint density at radius 2 is 1.75 bits per heavy atom. The number of hydrogen-bond donors (Lipinski definition) is 1. The van der Waals surface area contributed by atoms with Gasteiger partial charge < -0.3 is 10.3 Å². The maximum Gasteiger partial charge on any atom is 0.259 e. The summed E-state index contributed by atoms with van der Waals surface area (Å²) in [6, 6.07) is 12.3. The SMILES string of the molecule is Nc1ccc(Cl)c(-c2nc(-c3ccc(Cl)cc3)no2)c1. The van der Waals surface area contributed by atoms with Crippen molar-refractivity contribution >= 4 is 28.9 Å². The lowest BCUT2D eigenvalue weighted by atomic mass is 10.2. The van der Waals surface area contributed by atoms with Gasteiger partial charge in [-0.15, -0.1) is 0 Å². The van der Waals surface area contributed by atoms with E-state index in [0.717, 1.165) is 5.56 Å². The Bertz CT molecular complexity index is 753. The highest BCUT2D eigenvalue weighted by Crippen LogP contribution is 2.30. The monoisotopic (exact) mass is 305 g/mol. The zero-order valence-electron chi connectivity index (χ0n) is 10.2. The molecular formula is C14H9Cl2N3O. The van der Waals surface area contributed by atoms with Crippen LogP contribution in [0.25, 0.3) is 22.8 Å². The number of nitrogens with two attached hydrogens (primary N) is 1. The fraction of sp³-hybridized carbons (Fsp3) is 0. The number of benzene rings is 2. The minimum Gasteiger partial charge on any atom is -0.399 e. The minimum absolute atomic E-state index is 0.326. The third-order valence-electron chi connectivity index (χ3n) is 2.75. The number of nitrogens with zero attached hydrogens (tertiary/aromatic N) is 2. The second-order valence-electron chi connectivity index (χ2n) is 4.17. The highest BCUT2D eigenvalue weighted by molar-refractivity contribution is 6.33. The van der Waals surface area contributed by atoms with E-state index in [1.54, 1.807) is 30.3 Å². The van der Waals surface area contributed by atoms with Crippen molar-refractivity contribution in [1.29, 1.82) is 0 Å². The van der Waals surface area contributed by atoms with Crippen LogP contribution < -0.4 is 5.73 Å². The fourth-order valence-corrected chi connectivity index (χ4v) is 2.08. The van der Waals surface area contributed by atoms with Crippen LogP contribution >= 0.6 is 23.2 Å². The molecule has 4 nitrogen and oxygen atoms in total. The quantitative estimate of drug-likeness (QED) is 0.717. The van der Waals surface area contributed by atoms with Gasteiger partial charge in [0.25, 0.3) is 5.89 Å². The molecule has 0 unspecified atom stereocenters. The molecular weight excluding hydrogens is 297 g/mol. The Morgan fingerprint density at radius 1 is 1.00 bits per heavy atom. The number of anilines is 1. The van der Waals surface area contributed by atoms with Crippen LogP contribution in [0.15, 0.2) is 47.0 Å². The summed E-state index contributed by atoms with van der Waals surface area (Å²) in [6.45, 7) is 0. The maximum atomic E-state index is 6.11. The van der Waals surface area contributed by atoms with E-state index in [0.29, 0.717) is 33.0 Å². The summed E-state index contributed by atoms with van der Waals surface area (Å²) < 4.78 is 5.24. The first-order valence-corrected chi connectivity index (χ1v) is 6.54. The summed E-state index contributed by atoms with van der Waals surface area (Å²) in [5.41, 5.74) is 7.74. The van der Waals surface area contributed by atoms with Crippen LogP contribution in [-0.2, 0) is 0 Å². The van der Waals surface area contributed by atoms with Crippen molar-refractivity contribution in [2.45, 2.75) is 0 Å². The van der Waals surface area contributed by atoms with Crippen molar-refractivity contribution in [3.63, 3.8) is 0 Å². The van der Waals surface area contributed by atoms with Crippen molar-refractivity contribution in [2.24, 2.45) is 0 Å². The van der Waals surface area contributed by atoms with Crippen molar-refractivity contribution in [3.8, 4) is 22.8 Å². The molecule has 6 heteroatoms. The molecule has 0 aliphatic carbocycles. The van der Waals surface area contributed by atoms with Crippen LogP contribution in [0.2, 0.25) is 10.0 Å². The molecule has 0 saturated carbocycles. The van der Waals surface area contributed by atoms with Crippen molar-refractivity contribution in [2.75, 3.05) is 5.73 Å². The van der Waals surface area contributed by atoms with Gasteiger partial charge in [0.05, 0.1) is 10.6 Å². The van der Waals surface area contributed by atoms with Gasteiger partial charge in [-0.3, -0.25) is 0 Å². The zero-order valence-corrected chi connectivity index (χ0v) is 11.7. The fourth-order valence-electron chi connectivity index (χ4n) is 1.76. The lowest BCUT2D eigenvalue weighted by Gasteiger charge is -1.99. The van der Waals surface area contributed by atoms with Gasteiger partial charge >= 0.3 is 0 Å². The third-order valence-corrected chi connectivity index (χ3v) is 3.33. The standard InChI is InChI=1S/C14H9Cl2N3O/c15-9-3-1-8(2-4-9)13-18-14(20-19-13)11-7-10(17)5-6-12(11)16/h1-7H,17H2. The van der Waals surface area contributed by atoms with Crippen LogP contribution in [-0.4, -0.2) is 10.1 Å². The normalized spacial score (nSPS) is 10.7. The lowest BCUT2D eigenvalue weighted by molar-refractivity contribution is 0.432. The smallest absolute Gasteiger partial charge is 0.259 e. The molecule has 1 heterocycles. The van der Waals surface area contributed by atoms with Gasteiger partial charge in [-0.2, -0.15) is 4.98 Å². The van der Waals surface area contributed by atoms with E-state index in [9.17, 15) is 0 Å². The van der Waals surface area contributed by atoms with E-state index in [2.05, 4.69) is 10.1 Å². The van der Waals surface area contributed by atoms with Gasteiger partial charge in [0.2, 0.25) is 5.82 Å². The Hall–Kier alpha value is -2.04. The van der Waals surface area contributed by atoms with Crippen LogP contribution in [0.4, 0.5) is 5.69 Å². The summed E-state index contributed by atoms with van der Waals surface area (Å²) in [4.78, 5) is 4.32. The minimum atomic E-state index is 0.326. The van der Waals surface area contributed by atoms with E-state index in [-0.39, 0.29) is 0 Å². The predicted octanol–water partition coefficient (Wildman–Crippen LogP) is 4.29. The molecule has 0 fully saturated rings. The number of hydrogen-bond acceptors (Lipinski definition) is 4. The highest BCUT2D eigenvalue weighted by Gasteiger charge is 2.13. The summed E-state index contributed by atoms with van der Waals surface area (Å²) in [5.74, 6) is 0.794. The molecule has 0 bridgehead atoms. The Kier molecular flexibility index (Phi) is 3.34. The van der Waals surface area contributed by atoms with Crippen molar-refractivity contribution in [1.82, 2.24) is 10.1 Å². The lowest BCUT2D eigenvalue weighted by Crippen LogP contribution is -1.87. The maximum absolute atomic E-state index is 6.11. The third kappa shape index (κ3) is 2.48. The second-order valence-corrected chi connectivity index (χ2v) is 5.01. The Balaban J connectivity index is 2.01. The Morgan fingerprint density at radius 3 is 2.50 bits per heavy atom. The van der Waals surface area contributed by atoms with Crippen molar-refractivity contribution in [3.05, 3.63) is 52.5 Å². The molecule has 1 aromatic heterocycles. The van der Waals surface area contributed by atoms with Gasteiger partial charge in [-0.1, -0.05) is 28.4 Å². The number of aromatic nitrogens is 2. The zero-order chi connectivity index (χ0) is 14.1. The summed E-state index contributed by atoms with van der Waals surface area (Å²) in [6.07, 6.45) is 0. The van der Waals surface area contributed by atoms with Gasteiger partial charge in [-0.25, -0.2) is 0 Å². The number of nitrogen functional groups attached to an aromatic ring is 1. The summed E-state index contributed by atoms with van der Waals surface area (Å²) in [5, 5.41) is 5.09. The molecule has 2 aromatic carbocycles. The first-order valence-electron chi connectivity index (χ1n) is 5.78. The number of rotatable bonds is 2. The van der Waals surface area contributed by atoms with Gasteiger partial charge in [0.1, 0.15) is 0 Å². The summed E-state index contributed by atoms with van der Waals surface area (Å²) >= 11 is 11.9. The van der Waals surface area contributed by atoms with Crippen LogP contribution in [0.3, 0.4) is 0 Å². The Labute approximate surface area is 125 Å². The van der Waals surface area contributed by atoms with Crippen LogP contribution in [0.1, 0.15) is 0 Å². The molecule has 0 spiro atoms. The molecule has 20 heavy (non-hydrogen) atoms. The topological polar surface area (TPSA) is 64.9 Å². The second kappa shape index (κ2) is 5.15. The van der Waals surface area contributed by atoms with E-state index >= 15 is 0 Å². The molecule has 0 amide bonds. The molecule has 0 radical (unpaired) electrons.